The summed E-state index contributed by atoms with van der Waals surface area (Å²) in [6.45, 7) is 0. The third-order valence-corrected chi connectivity index (χ3v) is 9.06. The molecule has 0 radical (unpaired) electrons. The van der Waals surface area contributed by atoms with Crippen LogP contribution in [0.15, 0.2) is 114 Å². The Morgan fingerprint density at radius 1 is 0.500 bits per heavy atom. The van der Waals surface area contributed by atoms with Crippen LogP contribution < -0.4 is 0 Å². The first kappa shape index (κ1) is 17.4. The second kappa shape index (κ2) is 6.42. The zero-order valence-electron chi connectivity index (χ0n) is 16.0. The van der Waals surface area contributed by atoms with Crippen LogP contribution >= 0.6 is 0 Å². The molecule has 4 nitrogen and oxygen atoms in total. The maximum absolute atomic E-state index is 4.91. The standard InChI is InChI=1S/C20H11N4.3CH3.Pt/c1-2-14-10-16-5-6-18(23-16)12-20-8-7-19(24-20)11-17-4-3-15(22-17)9-13(1)21-14;;;;/h1-7,9-12H;3*1H3;. The quantitative estimate of drug-likeness (QED) is 0.433. The van der Waals surface area contributed by atoms with E-state index in [-0.39, 0.29) is 0 Å². The van der Waals surface area contributed by atoms with Crippen LogP contribution in [0.3, 0.4) is 0 Å². The van der Waals surface area contributed by atoms with Crippen molar-refractivity contribution in [3.8, 4) is 0 Å². The zero-order valence-corrected chi connectivity index (χ0v) is 18.2. The molecule has 0 spiro atoms. The van der Waals surface area contributed by atoms with Gasteiger partial charge in [0, 0.05) is 0 Å². The Morgan fingerprint density at radius 3 is 1.46 bits per heavy atom. The van der Waals surface area contributed by atoms with E-state index in [1.54, 1.807) is 0 Å². The normalized spacial score (nSPS) is 22.8. The van der Waals surface area contributed by atoms with Crippen molar-refractivity contribution in [1.82, 2.24) is 0 Å². The summed E-state index contributed by atoms with van der Waals surface area (Å²) in [5.74, 6) is 0. The molecule has 0 saturated carbocycles. The molecule has 0 N–H and O–H groups in total. The van der Waals surface area contributed by atoms with Gasteiger partial charge in [0.25, 0.3) is 0 Å². The van der Waals surface area contributed by atoms with Crippen molar-refractivity contribution in [2.75, 3.05) is 0 Å². The van der Waals surface area contributed by atoms with Gasteiger partial charge in [-0.05, 0) is 0 Å². The molecular weight excluding hydrogens is 527 g/mol. The van der Waals surface area contributed by atoms with Crippen molar-refractivity contribution < 1.29 is 16.1 Å². The molecule has 0 aromatic rings. The number of fused-ring (bicyclic) bond motifs is 4. The molecule has 0 aliphatic carbocycles. The fourth-order valence-corrected chi connectivity index (χ4v) is 6.58. The molecule has 0 saturated heterocycles. The summed E-state index contributed by atoms with van der Waals surface area (Å²) in [6.07, 6.45) is 22.5. The molecular formula is C23H20N4Pt. The van der Waals surface area contributed by atoms with E-state index in [0.717, 1.165) is 45.6 Å². The van der Waals surface area contributed by atoms with Gasteiger partial charge >= 0.3 is 168 Å². The molecule has 5 heterocycles. The third-order valence-electron chi connectivity index (χ3n) is 4.48. The van der Waals surface area contributed by atoms with Gasteiger partial charge in [0.15, 0.2) is 0 Å². The first-order chi connectivity index (χ1) is 13.4. The first-order valence-corrected chi connectivity index (χ1v) is 16.7. The summed E-state index contributed by atoms with van der Waals surface area (Å²) in [5, 5.41) is 7.16. The van der Waals surface area contributed by atoms with Gasteiger partial charge in [0.05, 0.1) is 0 Å². The summed E-state index contributed by atoms with van der Waals surface area (Å²) in [6, 6.07) is 0. The summed E-state index contributed by atoms with van der Waals surface area (Å²) in [7, 11) is 0. The molecule has 28 heavy (non-hydrogen) atoms. The number of allylic oxidation sites excluding steroid dienone is 12. The Bertz CT molecular complexity index is 1160. The average Bonchev–Trinajstić information content (AvgIpc) is 3.38. The van der Waals surface area contributed by atoms with Gasteiger partial charge in [-0.15, -0.1) is 0 Å². The fourth-order valence-electron chi connectivity index (χ4n) is 3.23. The molecule has 0 atom stereocenters. The van der Waals surface area contributed by atoms with Gasteiger partial charge < -0.3 is 0 Å². The summed E-state index contributed by atoms with van der Waals surface area (Å²) < 4.78 is 1.39. The molecule has 142 valence electrons. The second-order valence-electron chi connectivity index (χ2n) is 7.27. The van der Waals surface area contributed by atoms with E-state index in [4.69, 9.17) is 15.0 Å². The van der Waals surface area contributed by atoms with Crippen molar-refractivity contribution in [2.45, 2.75) is 15.9 Å². The number of aliphatic imine (C=N–C) groups is 4. The fraction of sp³-hybridized carbons (Fsp3) is 0.130. The number of rotatable bonds is 1. The molecule has 5 heteroatoms. The summed E-state index contributed by atoms with van der Waals surface area (Å²) >= 11 is -2.01. The van der Waals surface area contributed by atoms with E-state index in [0.29, 0.717) is 0 Å². The van der Waals surface area contributed by atoms with Crippen LogP contribution in [-0.2, 0) is 16.1 Å². The van der Waals surface area contributed by atoms with Crippen molar-refractivity contribution in [2.24, 2.45) is 20.0 Å². The van der Waals surface area contributed by atoms with Crippen LogP contribution in [0.4, 0.5) is 0 Å². The molecule has 5 aliphatic heterocycles. The minimum absolute atomic E-state index is 0.901. The average molecular weight is 548 g/mol. The predicted octanol–water partition coefficient (Wildman–Crippen LogP) is 5.20. The van der Waals surface area contributed by atoms with Crippen molar-refractivity contribution in [3.05, 3.63) is 93.6 Å². The van der Waals surface area contributed by atoms with Gasteiger partial charge in [-0.2, -0.15) is 0 Å². The summed E-state index contributed by atoms with van der Waals surface area (Å²) in [5.41, 5.74) is 7.47. The van der Waals surface area contributed by atoms with E-state index in [1.807, 2.05) is 48.6 Å². The molecule has 0 fully saturated rings. The molecule has 5 rings (SSSR count). The molecule has 0 aromatic carbocycles. The van der Waals surface area contributed by atoms with Gasteiger partial charge in [0.1, 0.15) is 0 Å². The van der Waals surface area contributed by atoms with E-state index in [1.165, 1.54) is 3.96 Å². The van der Waals surface area contributed by atoms with Crippen molar-refractivity contribution in [1.29, 1.82) is 0 Å². The Hall–Kier alpha value is -2.71. The number of hydrogen-bond donors (Lipinski definition) is 0. The monoisotopic (exact) mass is 547 g/mol. The minimum atomic E-state index is -2.01. The van der Waals surface area contributed by atoms with Gasteiger partial charge in [-0.1, -0.05) is 0 Å². The molecule has 0 aromatic heterocycles. The Kier molecular flexibility index (Phi) is 3.99. The van der Waals surface area contributed by atoms with Crippen LogP contribution in [0, 0.1) is 0 Å². The van der Waals surface area contributed by atoms with Gasteiger partial charge in [-0.3, -0.25) is 0 Å². The zero-order chi connectivity index (χ0) is 19.3. The Labute approximate surface area is 168 Å². The van der Waals surface area contributed by atoms with Crippen LogP contribution in [0.5, 0.6) is 0 Å². The van der Waals surface area contributed by atoms with E-state index >= 15 is 0 Å². The van der Waals surface area contributed by atoms with Crippen molar-refractivity contribution in [3.63, 3.8) is 0 Å². The molecule has 5 aliphatic rings. The molecule has 0 unspecified atom stereocenters. The predicted molar refractivity (Wildman–Crippen MR) is 115 cm³/mol. The van der Waals surface area contributed by atoms with E-state index in [9.17, 15) is 0 Å². The van der Waals surface area contributed by atoms with E-state index < -0.39 is 16.1 Å². The maximum atomic E-state index is 4.91. The number of nitrogens with zero attached hydrogens (tertiary/aromatic N) is 4. The first-order valence-electron chi connectivity index (χ1n) is 8.76. The van der Waals surface area contributed by atoms with Crippen LogP contribution in [0.1, 0.15) is 0 Å². The summed E-state index contributed by atoms with van der Waals surface area (Å²) in [4.78, 5) is 19.0. The third kappa shape index (κ3) is 3.41. The van der Waals surface area contributed by atoms with Gasteiger partial charge in [0.2, 0.25) is 0 Å². The Balaban J connectivity index is 1.67. The Morgan fingerprint density at radius 2 is 0.964 bits per heavy atom. The molecule has 0 amide bonds. The second-order valence-corrected chi connectivity index (χ2v) is 18.7. The van der Waals surface area contributed by atoms with Crippen LogP contribution in [0.2, 0.25) is 15.9 Å². The SMILES string of the molecule is [CH3][Pt]([CH3])([CH3])[C]1=CC2=CC3=NC(=CC4=NC(=CC5=NC(=CC1=N2)C=C5)C=C4)C=C3. The van der Waals surface area contributed by atoms with Crippen LogP contribution in [0.25, 0.3) is 0 Å². The molecule has 8 bridgehead atoms. The van der Waals surface area contributed by atoms with Crippen LogP contribution in [-0.4, -0.2) is 22.8 Å². The number of hydrogen-bond acceptors (Lipinski definition) is 4. The van der Waals surface area contributed by atoms with Gasteiger partial charge in [-0.25, -0.2) is 0 Å². The topological polar surface area (TPSA) is 49.4 Å². The van der Waals surface area contributed by atoms with E-state index in [2.05, 4.69) is 39.2 Å². The van der Waals surface area contributed by atoms with Crippen molar-refractivity contribution >= 4 is 22.8 Å².